The van der Waals surface area contributed by atoms with Crippen LogP contribution in [0.4, 0.5) is 11.5 Å². The molecule has 0 atom stereocenters. The van der Waals surface area contributed by atoms with Gasteiger partial charge in [-0.1, -0.05) is 23.2 Å². The SMILES string of the molecule is N#Cc1c(NS(=O)(=O)c2ccc([N+](=O)[O-])cc2)[n+]([O-])c2cc(Cl)c(Cl)cc2[n+]1[O-]. The molecule has 0 radical (unpaired) electrons. The average Bonchev–Trinajstić information content (AvgIpc) is 2.67. The van der Waals surface area contributed by atoms with Crippen molar-refractivity contribution in [2.24, 2.45) is 0 Å². The molecule has 0 fully saturated rings. The van der Waals surface area contributed by atoms with Crippen molar-refractivity contribution in [3.8, 4) is 6.07 Å². The lowest BCUT2D eigenvalue weighted by molar-refractivity contribution is -0.620. The second-order valence-corrected chi connectivity index (χ2v) is 8.01. The number of non-ortho nitro benzene ring substituents is 1. The minimum Gasteiger partial charge on any atom is -0.710 e. The van der Waals surface area contributed by atoms with Gasteiger partial charge in [-0.3, -0.25) is 10.1 Å². The fraction of sp³-hybridized carbons (Fsp3) is 0. The molecule has 11 nitrogen and oxygen atoms in total. The Morgan fingerprint density at radius 2 is 1.55 bits per heavy atom. The van der Waals surface area contributed by atoms with Crippen LogP contribution in [0.25, 0.3) is 11.0 Å². The van der Waals surface area contributed by atoms with E-state index in [1.807, 2.05) is 4.72 Å². The molecule has 3 aromatic rings. The van der Waals surface area contributed by atoms with E-state index in [0.717, 1.165) is 36.4 Å². The van der Waals surface area contributed by atoms with Gasteiger partial charge in [0.1, 0.15) is 4.90 Å². The fourth-order valence-electron chi connectivity index (χ4n) is 2.41. The number of halogens is 2. The lowest BCUT2D eigenvalue weighted by Gasteiger charge is -2.14. The van der Waals surface area contributed by atoms with Crippen molar-refractivity contribution >= 4 is 55.8 Å². The van der Waals surface area contributed by atoms with Crippen molar-refractivity contribution in [1.82, 2.24) is 0 Å². The predicted octanol–water partition coefficient (Wildman–Crippen LogP) is 1.99. The number of fused-ring (bicyclic) bond motifs is 1. The Morgan fingerprint density at radius 1 is 1.03 bits per heavy atom. The zero-order chi connectivity index (χ0) is 21.5. The number of sulfonamides is 1. The van der Waals surface area contributed by atoms with E-state index < -0.39 is 31.4 Å². The standard InChI is InChI=1S/C15H7Cl2N5O6S/c16-10-5-12-13(6-11(10)17)21(24)15(14(7-18)20(12)23)19-29(27,28)9-3-1-8(2-4-9)22(25)26/h1-6,19H. The van der Waals surface area contributed by atoms with Gasteiger partial charge in [0.15, 0.2) is 6.07 Å². The Kier molecular flexibility index (Phi) is 5.05. The van der Waals surface area contributed by atoms with Crippen molar-refractivity contribution in [3.63, 3.8) is 0 Å². The number of hydrogen-bond acceptors (Lipinski definition) is 7. The Bertz CT molecular complexity index is 1320. The molecule has 1 N–H and O–H groups in total. The van der Waals surface area contributed by atoms with E-state index in [-0.39, 0.29) is 36.2 Å². The number of benzene rings is 2. The maximum atomic E-state index is 12.7. The van der Waals surface area contributed by atoms with Crippen LogP contribution in [0.1, 0.15) is 5.69 Å². The molecule has 0 aliphatic heterocycles. The minimum absolute atomic E-state index is 0.0213. The number of nitrogens with zero attached hydrogens (tertiary/aromatic N) is 4. The first kappa shape index (κ1) is 20.3. The topological polar surface area (TPSA) is 167 Å². The molecule has 0 aliphatic rings. The number of nitrogens with one attached hydrogen (secondary N) is 1. The van der Waals surface area contributed by atoms with Crippen LogP contribution < -0.4 is 14.2 Å². The molecule has 148 valence electrons. The minimum atomic E-state index is -4.47. The fourth-order valence-corrected chi connectivity index (χ4v) is 3.77. The summed E-state index contributed by atoms with van der Waals surface area (Å²) < 4.78 is 27.1. The number of nitro groups is 1. The molecule has 3 rings (SSSR count). The highest BCUT2D eigenvalue weighted by atomic mass is 35.5. The molecule has 1 heterocycles. The van der Waals surface area contributed by atoms with E-state index in [1.165, 1.54) is 6.07 Å². The van der Waals surface area contributed by atoms with Gasteiger partial charge in [-0.05, 0) is 12.1 Å². The molecule has 0 amide bonds. The zero-order valence-corrected chi connectivity index (χ0v) is 16.2. The number of hydrogen-bond donors (Lipinski definition) is 1. The van der Waals surface area contributed by atoms with Crippen LogP contribution >= 0.6 is 23.2 Å². The van der Waals surface area contributed by atoms with E-state index in [1.54, 1.807) is 0 Å². The van der Waals surface area contributed by atoms with Crippen molar-refractivity contribution < 1.29 is 22.8 Å². The highest BCUT2D eigenvalue weighted by Gasteiger charge is 2.33. The average molecular weight is 456 g/mol. The number of aromatic nitrogens is 2. The molecular formula is C15H7Cl2N5O6S. The van der Waals surface area contributed by atoms with Gasteiger partial charge in [0.2, 0.25) is 5.52 Å². The monoisotopic (exact) mass is 455 g/mol. The van der Waals surface area contributed by atoms with Crippen LogP contribution in [-0.2, 0) is 10.0 Å². The lowest BCUT2D eigenvalue weighted by Crippen LogP contribution is -2.44. The van der Waals surface area contributed by atoms with E-state index in [0.29, 0.717) is 0 Å². The zero-order valence-electron chi connectivity index (χ0n) is 13.9. The molecule has 2 aromatic carbocycles. The summed E-state index contributed by atoms with van der Waals surface area (Å²) in [6, 6.07) is 7.34. The predicted molar refractivity (Wildman–Crippen MR) is 101 cm³/mol. The Hall–Kier alpha value is -3.40. The number of nitro benzene ring substituents is 1. The highest BCUT2D eigenvalue weighted by Crippen LogP contribution is 2.26. The maximum absolute atomic E-state index is 12.7. The summed E-state index contributed by atoms with van der Waals surface area (Å²) in [5.41, 5.74) is -1.83. The Balaban J connectivity index is 2.19. The molecule has 0 bridgehead atoms. The first-order valence-electron chi connectivity index (χ1n) is 7.42. The molecule has 0 saturated carbocycles. The molecule has 0 spiro atoms. The van der Waals surface area contributed by atoms with Crippen LogP contribution in [0, 0.1) is 31.9 Å². The lowest BCUT2D eigenvalue weighted by atomic mass is 10.2. The number of rotatable bonds is 4. The van der Waals surface area contributed by atoms with Crippen LogP contribution in [0.3, 0.4) is 0 Å². The smallest absolute Gasteiger partial charge is 0.386 e. The Labute approximate surface area is 172 Å². The molecule has 0 unspecified atom stereocenters. The molecule has 29 heavy (non-hydrogen) atoms. The summed E-state index contributed by atoms with van der Waals surface area (Å²) in [6.45, 7) is 0. The largest absolute Gasteiger partial charge is 0.710 e. The van der Waals surface area contributed by atoms with E-state index in [9.17, 15) is 34.2 Å². The third-order valence-corrected chi connectivity index (χ3v) is 5.86. The Morgan fingerprint density at radius 3 is 2.03 bits per heavy atom. The molecular weight excluding hydrogens is 449 g/mol. The second kappa shape index (κ2) is 7.21. The van der Waals surface area contributed by atoms with Gasteiger partial charge in [-0.2, -0.15) is 18.4 Å². The third kappa shape index (κ3) is 3.54. The molecule has 0 aliphatic carbocycles. The van der Waals surface area contributed by atoms with Crippen LogP contribution in [0.5, 0.6) is 0 Å². The second-order valence-electron chi connectivity index (χ2n) is 5.51. The summed E-state index contributed by atoms with van der Waals surface area (Å²) in [7, 11) is -4.47. The van der Waals surface area contributed by atoms with Gasteiger partial charge in [-0.15, -0.1) is 4.73 Å². The van der Waals surface area contributed by atoms with Gasteiger partial charge in [0, 0.05) is 24.3 Å². The first-order valence-corrected chi connectivity index (χ1v) is 9.66. The van der Waals surface area contributed by atoms with Crippen LogP contribution in [0.15, 0.2) is 41.3 Å². The number of anilines is 1. The van der Waals surface area contributed by atoms with Crippen LogP contribution in [0.2, 0.25) is 10.0 Å². The summed E-state index contributed by atoms with van der Waals surface area (Å²) in [4.78, 5) is 9.54. The van der Waals surface area contributed by atoms with Gasteiger partial charge in [0.05, 0.1) is 15.0 Å². The van der Waals surface area contributed by atoms with Crippen LogP contribution in [-0.4, -0.2) is 13.3 Å². The normalized spacial score (nSPS) is 11.2. The summed E-state index contributed by atoms with van der Waals surface area (Å²) in [5, 5.41) is 45.0. The van der Waals surface area contributed by atoms with E-state index in [4.69, 9.17) is 23.2 Å². The van der Waals surface area contributed by atoms with E-state index in [2.05, 4.69) is 0 Å². The maximum Gasteiger partial charge on any atom is 0.386 e. The van der Waals surface area contributed by atoms with Crippen molar-refractivity contribution in [3.05, 3.63) is 72.7 Å². The number of nitriles is 1. The van der Waals surface area contributed by atoms with Crippen molar-refractivity contribution in [1.29, 1.82) is 5.26 Å². The first-order chi connectivity index (χ1) is 13.6. The molecule has 0 saturated heterocycles. The third-order valence-electron chi connectivity index (χ3n) is 3.78. The van der Waals surface area contributed by atoms with Gasteiger partial charge < -0.3 is 10.4 Å². The molecule has 1 aromatic heterocycles. The van der Waals surface area contributed by atoms with Gasteiger partial charge >= 0.3 is 21.5 Å². The summed E-state index contributed by atoms with van der Waals surface area (Å²) in [5.74, 6) is -0.869. The molecule has 14 heteroatoms. The van der Waals surface area contributed by atoms with E-state index >= 15 is 0 Å². The van der Waals surface area contributed by atoms with Gasteiger partial charge in [-0.25, -0.2) is 4.73 Å². The van der Waals surface area contributed by atoms with Crippen molar-refractivity contribution in [2.75, 3.05) is 4.72 Å². The highest BCUT2D eigenvalue weighted by molar-refractivity contribution is 7.92. The van der Waals surface area contributed by atoms with Gasteiger partial charge in [0.25, 0.3) is 11.2 Å². The quantitative estimate of drug-likeness (QED) is 0.271. The van der Waals surface area contributed by atoms with Crippen molar-refractivity contribution in [2.45, 2.75) is 4.90 Å². The summed E-state index contributed by atoms with van der Waals surface area (Å²) in [6.07, 6.45) is 0. The summed E-state index contributed by atoms with van der Waals surface area (Å²) >= 11 is 11.7.